The van der Waals surface area contributed by atoms with Gasteiger partial charge in [-0.3, -0.25) is 9.80 Å². The minimum absolute atomic E-state index is 0.0686. The van der Waals surface area contributed by atoms with Gasteiger partial charge < -0.3 is 13.6 Å². The highest BCUT2D eigenvalue weighted by molar-refractivity contribution is 5.86. The predicted octanol–water partition coefficient (Wildman–Crippen LogP) is 10.6. The van der Waals surface area contributed by atoms with Gasteiger partial charge in [-0.15, -0.1) is 0 Å². The van der Waals surface area contributed by atoms with Gasteiger partial charge in [0.1, 0.15) is 22.3 Å². The second-order valence-corrected chi connectivity index (χ2v) is 14.2. The van der Waals surface area contributed by atoms with Gasteiger partial charge >= 0.3 is 12.8 Å². The lowest BCUT2D eigenvalue weighted by Crippen LogP contribution is -2.45. The number of ether oxygens (including phenoxy) is 1. The first-order chi connectivity index (χ1) is 25.4. The maximum atomic E-state index is 14.3. The van der Waals surface area contributed by atoms with E-state index < -0.39 is 18.4 Å². The molecule has 8 rings (SSSR count). The Morgan fingerprint density at radius 1 is 0.792 bits per heavy atom. The predicted molar refractivity (Wildman–Crippen MR) is 193 cm³/mol. The van der Waals surface area contributed by atoms with Crippen LogP contribution in [0.15, 0.2) is 69.5 Å². The van der Waals surface area contributed by atoms with E-state index in [-0.39, 0.29) is 22.7 Å². The monoisotopic (exact) mass is 730 g/mol. The smallest absolute Gasteiger partial charge is 0.420 e. The van der Waals surface area contributed by atoms with Crippen molar-refractivity contribution in [3.63, 3.8) is 0 Å². The third-order valence-electron chi connectivity index (χ3n) is 10.7. The van der Waals surface area contributed by atoms with Crippen LogP contribution in [0.4, 0.5) is 22.0 Å². The summed E-state index contributed by atoms with van der Waals surface area (Å²) in [6.07, 6.45) is -1.44. The maximum Gasteiger partial charge on any atom is 0.420 e. The summed E-state index contributed by atoms with van der Waals surface area (Å²) in [5, 5.41) is 0. The Morgan fingerprint density at radius 2 is 1.42 bits per heavy atom. The van der Waals surface area contributed by atoms with Crippen molar-refractivity contribution in [3.05, 3.63) is 88.5 Å². The normalized spacial score (nSPS) is 16.0. The van der Waals surface area contributed by atoms with E-state index in [2.05, 4.69) is 21.7 Å². The summed E-state index contributed by atoms with van der Waals surface area (Å²) < 4.78 is 86.8. The van der Waals surface area contributed by atoms with Crippen LogP contribution in [-0.2, 0) is 19.3 Å². The van der Waals surface area contributed by atoms with Crippen LogP contribution < -0.4 is 4.74 Å². The molecule has 2 aliphatic rings. The number of halogens is 5. The van der Waals surface area contributed by atoms with Crippen LogP contribution in [0, 0.1) is 19.8 Å². The lowest BCUT2D eigenvalue weighted by Gasteiger charge is -2.39. The van der Waals surface area contributed by atoms with Gasteiger partial charge in [-0.1, -0.05) is 37.6 Å². The highest BCUT2D eigenvalue weighted by atomic mass is 19.4. The van der Waals surface area contributed by atoms with Crippen LogP contribution >= 0.6 is 0 Å². The Kier molecular flexibility index (Phi) is 9.22. The Morgan fingerprint density at radius 3 is 2.04 bits per heavy atom. The molecule has 4 heterocycles. The topological polar surface area (TPSA) is 67.8 Å². The van der Waals surface area contributed by atoms with Gasteiger partial charge in [-0.25, -0.2) is 9.97 Å². The zero-order chi connectivity index (χ0) is 37.0. The lowest BCUT2D eigenvalue weighted by atomic mass is 9.91. The molecular formula is C41H39F5N4O3. The summed E-state index contributed by atoms with van der Waals surface area (Å²) >= 11 is 0. The molecule has 2 fully saturated rings. The number of rotatable bonds is 10. The number of likely N-dealkylation sites (tertiary alicyclic amines) is 2. The molecule has 0 aliphatic carbocycles. The van der Waals surface area contributed by atoms with E-state index in [0.717, 1.165) is 67.7 Å². The molecule has 12 heteroatoms. The maximum absolute atomic E-state index is 14.3. The van der Waals surface area contributed by atoms with Crippen LogP contribution in [0.3, 0.4) is 0 Å². The summed E-state index contributed by atoms with van der Waals surface area (Å²) in [5.74, 6) is 1.08. The van der Waals surface area contributed by atoms with Crippen molar-refractivity contribution >= 4 is 22.2 Å². The number of aromatic nitrogens is 2. The van der Waals surface area contributed by atoms with Gasteiger partial charge in [0.2, 0.25) is 11.8 Å². The molecule has 2 aliphatic heterocycles. The molecule has 2 aromatic heterocycles. The van der Waals surface area contributed by atoms with Crippen molar-refractivity contribution in [2.45, 2.75) is 65.9 Å². The fraction of sp³-hybridized carbons (Fsp3) is 0.366. The molecule has 0 bridgehead atoms. The summed E-state index contributed by atoms with van der Waals surface area (Å²) in [6.45, 7) is 7.39. The zero-order valence-electron chi connectivity index (χ0n) is 29.7. The first-order valence-electron chi connectivity index (χ1n) is 18.0. The summed E-state index contributed by atoms with van der Waals surface area (Å²) in [4.78, 5) is 13.7. The second-order valence-electron chi connectivity index (χ2n) is 14.2. The van der Waals surface area contributed by atoms with Crippen LogP contribution in [-0.4, -0.2) is 52.6 Å². The number of fused-ring (bicyclic) bond motifs is 2. The van der Waals surface area contributed by atoms with Crippen molar-refractivity contribution in [1.82, 2.24) is 19.8 Å². The average Bonchev–Trinajstić information content (AvgIpc) is 3.86. The van der Waals surface area contributed by atoms with E-state index in [1.54, 1.807) is 18.2 Å². The second kappa shape index (κ2) is 13.9. The molecule has 0 atom stereocenters. The molecule has 53 heavy (non-hydrogen) atoms. The van der Waals surface area contributed by atoms with Gasteiger partial charge in [-0.2, -0.15) is 22.0 Å². The number of oxazole rings is 2. The van der Waals surface area contributed by atoms with Gasteiger partial charge in [-0.05, 0) is 104 Å². The van der Waals surface area contributed by atoms with Crippen molar-refractivity contribution < 1.29 is 35.5 Å². The van der Waals surface area contributed by atoms with E-state index in [9.17, 15) is 22.0 Å². The molecule has 2 saturated heterocycles. The van der Waals surface area contributed by atoms with Gasteiger partial charge in [0, 0.05) is 48.9 Å². The first-order valence-corrected chi connectivity index (χ1v) is 18.0. The van der Waals surface area contributed by atoms with E-state index in [1.807, 2.05) is 44.2 Å². The molecule has 0 N–H and O–H groups in total. The molecule has 0 radical (unpaired) electrons. The molecule has 276 valence electrons. The van der Waals surface area contributed by atoms with Crippen LogP contribution in [0.1, 0.15) is 54.0 Å². The Bertz CT molecular complexity index is 2300. The Balaban J connectivity index is 1.14. The van der Waals surface area contributed by atoms with Gasteiger partial charge in [0.25, 0.3) is 0 Å². The molecular weight excluding hydrogens is 691 g/mol. The molecule has 0 amide bonds. The van der Waals surface area contributed by atoms with E-state index >= 15 is 0 Å². The number of hydrogen-bond acceptors (Lipinski definition) is 7. The molecule has 4 aromatic carbocycles. The zero-order valence-corrected chi connectivity index (χ0v) is 29.7. The fourth-order valence-electron chi connectivity index (χ4n) is 7.77. The Hall–Kier alpha value is -4.81. The number of nitrogens with zero attached hydrogens (tertiary/aromatic N) is 4. The molecule has 0 unspecified atom stereocenters. The van der Waals surface area contributed by atoms with Crippen molar-refractivity contribution in [1.29, 1.82) is 0 Å². The first kappa shape index (κ1) is 35.2. The largest absolute Gasteiger partial charge is 0.436 e. The molecule has 7 nitrogen and oxygen atoms in total. The third-order valence-corrected chi connectivity index (χ3v) is 10.7. The van der Waals surface area contributed by atoms with Crippen molar-refractivity contribution in [2.24, 2.45) is 5.92 Å². The van der Waals surface area contributed by atoms with E-state index in [4.69, 9.17) is 18.6 Å². The van der Waals surface area contributed by atoms with Crippen molar-refractivity contribution in [3.8, 4) is 39.8 Å². The Labute approximate surface area is 303 Å². The third kappa shape index (κ3) is 6.90. The highest BCUT2D eigenvalue weighted by Gasteiger charge is 2.36. The molecule has 0 saturated carbocycles. The standard InChI is InChI=1S/C41H39F5N4O3/c1-4-25-19-50(20-25)21-26-15-32(41(44,45)46)37-34(16-26)48-39(53-37)31-12-8-10-29(24(31)3)28-9-7-11-30(23(28)2)38-47-33-17-27(22-49-13-5-6-14-49)35(52-40(42)43)18-36(33)51-38/h7-12,15-18,25,40H,4-6,13-14,19-22H2,1-3H3. The number of benzene rings is 4. The van der Waals surface area contributed by atoms with Crippen LogP contribution in [0.25, 0.3) is 56.2 Å². The summed E-state index contributed by atoms with van der Waals surface area (Å²) in [5.41, 5.74) is 5.69. The van der Waals surface area contributed by atoms with Gasteiger partial charge in [0.15, 0.2) is 11.2 Å². The summed E-state index contributed by atoms with van der Waals surface area (Å²) in [7, 11) is 0. The minimum Gasteiger partial charge on any atom is -0.436 e. The molecule has 6 aromatic rings. The average molecular weight is 731 g/mol. The number of hydrogen-bond donors (Lipinski definition) is 0. The molecule has 0 spiro atoms. The van der Waals surface area contributed by atoms with Crippen LogP contribution in [0.5, 0.6) is 5.75 Å². The SMILES string of the molecule is CCC1CN(Cc2cc(C(F)(F)F)c3oc(-c4cccc(-c5cccc(-c6nc7cc(CN8CCCC8)c(OC(F)F)cc7o6)c5C)c4C)nc3c2)C1. The van der Waals surface area contributed by atoms with Crippen molar-refractivity contribution in [2.75, 3.05) is 26.2 Å². The van der Waals surface area contributed by atoms with E-state index in [1.165, 1.54) is 12.1 Å². The minimum atomic E-state index is -4.61. The van der Waals surface area contributed by atoms with E-state index in [0.29, 0.717) is 58.3 Å². The van der Waals surface area contributed by atoms with Gasteiger partial charge in [0.05, 0.1) is 0 Å². The fourth-order valence-corrected chi connectivity index (χ4v) is 7.77. The summed E-state index contributed by atoms with van der Waals surface area (Å²) in [6, 6.07) is 17.4. The quantitative estimate of drug-likeness (QED) is 0.130. The highest BCUT2D eigenvalue weighted by Crippen LogP contribution is 2.41. The lowest BCUT2D eigenvalue weighted by molar-refractivity contribution is -0.136. The number of alkyl halides is 5. The van der Waals surface area contributed by atoms with Crippen LogP contribution in [0.2, 0.25) is 0 Å².